The molecule has 5 rings (SSSR count). The summed E-state index contributed by atoms with van der Waals surface area (Å²) in [6, 6.07) is 9.96. The monoisotopic (exact) mass is 407 g/mol. The molecule has 3 aromatic rings. The number of ketones is 2. The first-order valence-corrected chi connectivity index (χ1v) is 10.6. The van der Waals surface area contributed by atoms with Crippen LogP contribution in [-0.4, -0.2) is 55.9 Å². The summed E-state index contributed by atoms with van der Waals surface area (Å²) in [6.07, 6.45) is 2.72. The van der Waals surface area contributed by atoms with Gasteiger partial charge in [-0.1, -0.05) is 12.1 Å². The van der Waals surface area contributed by atoms with Gasteiger partial charge in [0.15, 0.2) is 0 Å². The molecular formula is C24H25NO5. The maximum absolute atomic E-state index is 12.5. The van der Waals surface area contributed by atoms with Crippen molar-refractivity contribution in [3.63, 3.8) is 0 Å². The Kier molecular flexibility index (Phi) is 5.27. The van der Waals surface area contributed by atoms with Crippen molar-refractivity contribution in [2.45, 2.75) is 25.2 Å². The van der Waals surface area contributed by atoms with E-state index in [2.05, 4.69) is 4.90 Å². The molecule has 1 saturated carbocycles. The molecule has 6 heteroatoms. The van der Waals surface area contributed by atoms with E-state index in [9.17, 15) is 9.59 Å². The molecule has 1 saturated heterocycles. The van der Waals surface area contributed by atoms with E-state index in [1.165, 1.54) is 0 Å². The first kappa shape index (κ1) is 19.3. The van der Waals surface area contributed by atoms with Gasteiger partial charge in [-0.05, 0) is 30.0 Å². The number of furan rings is 1. The molecule has 6 nitrogen and oxygen atoms in total. The van der Waals surface area contributed by atoms with E-state index in [4.69, 9.17) is 13.9 Å². The smallest absolute Gasteiger partial charge is 0.147 e. The van der Waals surface area contributed by atoms with Crippen LogP contribution >= 0.6 is 0 Å². The van der Waals surface area contributed by atoms with Gasteiger partial charge in [-0.3, -0.25) is 14.5 Å². The normalized spacial score (nSPS) is 20.9. The molecule has 0 spiro atoms. The van der Waals surface area contributed by atoms with E-state index in [-0.39, 0.29) is 23.9 Å². The molecule has 2 heterocycles. The number of morpholine rings is 1. The van der Waals surface area contributed by atoms with Crippen LogP contribution < -0.4 is 4.74 Å². The fourth-order valence-electron chi connectivity index (χ4n) is 4.58. The molecule has 0 amide bonds. The second-order valence-electron chi connectivity index (χ2n) is 8.06. The molecule has 2 fully saturated rings. The van der Waals surface area contributed by atoms with Gasteiger partial charge in [0.25, 0.3) is 0 Å². The Labute approximate surface area is 174 Å². The minimum absolute atomic E-state index is 0.0103. The molecule has 1 atom stereocenters. The number of Topliss-reactive ketones (excluding diaryl/α,β-unsaturated/α-hetero) is 2. The highest BCUT2D eigenvalue weighted by Crippen LogP contribution is 2.40. The fourth-order valence-corrected chi connectivity index (χ4v) is 4.58. The van der Waals surface area contributed by atoms with E-state index < -0.39 is 0 Å². The van der Waals surface area contributed by atoms with Crippen LogP contribution in [0, 0.1) is 0 Å². The van der Waals surface area contributed by atoms with E-state index >= 15 is 0 Å². The number of carbonyl (C=O) groups is 2. The van der Waals surface area contributed by atoms with Crippen molar-refractivity contribution in [3.8, 4) is 5.75 Å². The third-order valence-electron chi connectivity index (χ3n) is 6.20. The quantitative estimate of drug-likeness (QED) is 0.601. The van der Waals surface area contributed by atoms with Crippen molar-refractivity contribution in [3.05, 3.63) is 42.2 Å². The highest BCUT2D eigenvalue weighted by Gasteiger charge is 2.31. The van der Waals surface area contributed by atoms with E-state index in [1.807, 2.05) is 30.3 Å². The third-order valence-corrected chi connectivity index (χ3v) is 6.20. The summed E-state index contributed by atoms with van der Waals surface area (Å²) in [4.78, 5) is 26.5. The molecule has 0 N–H and O–H groups in total. The number of rotatable bonds is 5. The predicted octanol–water partition coefficient (Wildman–Crippen LogP) is 3.70. The standard InChI is InChI=1S/C24H25NO5/c26-16-4-5-17(21(27)14-16)20-15-30-23-7-6-18-19(24(20)23)2-1-3-22(18)29-13-10-25-8-11-28-12-9-25/h1-3,6-7,15,17H,4-5,8-14H2/t17-/m1/s1. The summed E-state index contributed by atoms with van der Waals surface area (Å²) < 4.78 is 17.3. The van der Waals surface area contributed by atoms with Gasteiger partial charge >= 0.3 is 0 Å². The lowest BCUT2D eigenvalue weighted by molar-refractivity contribution is -0.130. The van der Waals surface area contributed by atoms with Gasteiger partial charge in [-0.2, -0.15) is 0 Å². The Morgan fingerprint density at radius 2 is 1.93 bits per heavy atom. The van der Waals surface area contributed by atoms with E-state index in [0.29, 0.717) is 19.4 Å². The minimum atomic E-state index is -0.277. The number of hydrogen-bond donors (Lipinski definition) is 0. The first-order valence-electron chi connectivity index (χ1n) is 10.6. The average Bonchev–Trinajstić information content (AvgIpc) is 3.19. The molecule has 156 valence electrons. The SMILES string of the molecule is O=C1CC[C@H](c2coc3ccc4c(OCCN5CCOCC5)cccc4c23)C(=O)C1. The second kappa shape index (κ2) is 8.20. The summed E-state index contributed by atoms with van der Waals surface area (Å²) in [5.41, 5.74) is 1.64. The molecule has 0 unspecified atom stereocenters. The topological polar surface area (TPSA) is 69.0 Å². The zero-order valence-electron chi connectivity index (χ0n) is 16.9. The van der Waals surface area contributed by atoms with E-state index in [0.717, 1.165) is 65.9 Å². The van der Waals surface area contributed by atoms with Crippen LogP contribution in [0.25, 0.3) is 21.7 Å². The Morgan fingerprint density at radius 3 is 2.77 bits per heavy atom. The number of hydrogen-bond acceptors (Lipinski definition) is 6. The number of benzene rings is 2. The van der Waals surface area contributed by atoms with Crippen LogP contribution in [0.4, 0.5) is 0 Å². The van der Waals surface area contributed by atoms with Crippen molar-refractivity contribution in [1.29, 1.82) is 0 Å². The number of ether oxygens (including phenoxy) is 2. The van der Waals surface area contributed by atoms with Gasteiger partial charge in [0, 0.05) is 48.3 Å². The second-order valence-corrected chi connectivity index (χ2v) is 8.06. The Balaban J connectivity index is 1.45. The number of fused-ring (bicyclic) bond motifs is 3. The van der Waals surface area contributed by atoms with Crippen LogP contribution in [0.5, 0.6) is 5.75 Å². The number of carbonyl (C=O) groups excluding carboxylic acids is 2. The van der Waals surface area contributed by atoms with Crippen molar-refractivity contribution < 1.29 is 23.5 Å². The summed E-state index contributed by atoms with van der Waals surface area (Å²) in [5, 5.41) is 2.98. The van der Waals surface area contributed by atoms with Crippen LogP contribution in [0.2, 0.25) is 0 Å². The Hall–Kier alpha value is -2.70. The zero-order valence-corrected chi connectivity index (χ0v) is 16.9. The first-order chi connectivity index (χ1) is 14.7. The van der Waals surface area contributed by atoms with Gasteiger partial charge in [0.1, 0.15) is 29.5 Å². The average molecular weight is 407 g/mol. The third kappa shape index (κ3) is 3.61. The molecule has 0 radical (unpaired) electrons. The van der Waals surface area contributed by atoms with Crippen LogP contribution in [0.3, 0.4) is 0 Å². The van der Waals surface area contributed by atoms with Gasteiger partial charge < -0.3 is 13.9 Å². The maximum Gasteiger partial charge on any atom is 0.147 e. The van der Waals surface area contributed by atoms with Gasteiger partial charge in [0.2, 0.25) is 0 Å². The number of nitrogens with zero attached hydrogens (tertiary/aromatic N) is 1. The van der Waals surface area contributed by atoms with Crippen molar-refractivity contribution >= 4 is 33.3 Å². The summed E-state index contributed by atoms with van der Waals surface area (Å²) in [7, 11) is 0. The molecule has 2 aliphatic rings. The molecule has 1 aliphatic carbocycles. The van der Waals surface area contributed by atoms with Crippen molar-refractivity contribution in [2.75, 3.05) is 39.5 Å². The predicted molar refractivity (Wildman–Crippen MR) is 113 cm³/mol. The lowest BCUT2D eigenvalue weighted by atomic mass is 9.81. The van der Waals surface area contributed by atoms with E-state index in [1.54, 1.807) is 6.26 Å². The molecular weight excluding hydrogens is 382 g/mol. The maximum atomic E-state index is 12.5. The van der Waals surface area contributed by atoms with Gasteiger partial charge in [-0.25, -0.2) is 0 Å². The van der Waals surface area contributed by atoms with Crippen LogP contribution in [0.1, 0.15) is 30.7 Å². The fraction of sp³-hybridized carbons (Fsp3) is 0.417. The largest absolute Gasteiger partial charge is 0.492 e. The van der Waals surface area contributed by atoms with Gasteiger partial charge in [0.05, 0.1) is 25.9 Å². The molecule has 1 aliphatic heterocycles. The lowest BCUT2D eigenvalue weighted by Gasteiger charge is -2.26. The summed E-state index contributed by atoms with van der Waals surface area (Å²) >= 11 is 0. The lowest BCUT2D eigenvalue weighted by Crippen LogP contribution is -2.38. The minimum Gasteiger partial charge on any atom is -0.492 e. The highest BCUT2D eigenvalue weighted by atomic mass is 16.5. The Morgan fingerprint density at radius 1 is 1.07 bits per heavy atom. The molecule has 30 heavy (non-hydrogen) atoms. The van der Waals surface area contributed by atoms with Crippen molar-refractivity contribution in [1.82, 2.24) is 4.90 Å². The molecule has 1 aromatic heterocycles. The summed E-state index contributed by atoms with van der Waals surface area (Å²) in [5.74, 6) is 0.578. The summed E-state index contributed by atoms with van der Waals surface area (Å²) in [6.45, 7) is 4.91. The highest BCUT2D eigenvalue weighted by molar-refractivity contribution is 6.12. The molecule has 0 bridgehead atoms. The zero-order chi connectivity index (χ0) is 20.5. The molecule has 2 aromatic carbocycles. The van der Waals surface area contributed by atoms with Gasteiger partial charge in [-0.15, -0.1) is 0 Å². The van der Waals surface area contributed by atoms with Crippen LogP contribution in [0.15, 0.2) is 41.0 Å². The Bertz CT molecular complexity index is 1100. The van der Waals surface area contributed by atoms with Crippen LogP contribution in [-0.2, 0) is 14.3 Å². The van der Waals surface area contributed by atoms with Crippen molar-refractivity contribution in [2.24, 2.45) is 0 Å².